The van der Waals surface area contributed by atoms with Crippen LogP contribution in [0, 0.1) is 29.6 Å². The molecule has 9 N–H and O–H groups in total. The minimum Gasteiger partial charge on any atom is -0.459 e. The predicted molar refractivity (Wildman–Crippen MR) is 306 cm³/mol. The third-order valence-electron chi connectivity index (χ3n) is 12.8. The first-order valence-corrected chi connectivity index (χ1v) is 27.8. The summed E-state index contributed by atoms with van der Waals surface area (Å²) in [6.45, 7) is 19.8. The van der Waals surface area contributed by atoms with Crippen LogP contribution in [0.1, 0.15) is 119 Å². The zero-order chi connectivity index (χ0) is 60.4. The normalized spacial score (nSPS) is 14.3. The second-order valence-corrected chi connectivity index (χ2v) is 22.5. The van der Waals surface area contributed by atoms with Crippen molar-refractivity contribution >= 4 is 59.3 Å². The molecule has 0 aromatic heterocycles. The molecule has 9 amide bonds. The van der Waals surface area contributed by atoms with Crippen LogP contribution in [-0.4, -0.2) is 114 Å². The lowest BCUT2D eigenvalue weighted by atomic mass is 9.96. The van der Waals surface area contributed by atoms with E-state index in [1.165, 1.54) is 6.92 Å². The van der Waals surface area contributed by atoms with Gasteiger partial charge in [-0.2, -0.15) is 0 Å². The summed E-state index contributed by atoms with van der Waals surface area (Å²) in [4.78, 5) is 136. The van der Waals surface area contributed by atoms with Crippen molar-refractivity contribution in [3.63, 3.8) is 0 Å². The van der Waals surface area contributed by atoms with E-state index in [4.69, 9.17) is 9.47 Å². The molecule has 0 aliphatic carbocycles. The van der Waals surface area contributed by atoms with Crippen LogP contribution in [-0.2, 0) is 72.1 Å². The number of amides is 9. The molecule has 3 aromatic carbocycles. The maximum Gasteiger partial charge on any atom is 0.408 e. The van der Waals surface area contributed by atoms with E-state index in [1.54, 1.807) is 114 Å². The molecule has 0 bridgehead atoms. The molecule has 1 unspecified atom stereocenters. The molecule has 444 valence electrons. The van der Waals surface area contributed by atoms with Crippen molar-refractivity contribution in [3.8, 4) is 0 Å². The Labute approximate surface area is 477 Å². The smallest absolute Gasteiger partial charge is 0.408 e. The van der Waals surface area contributed by atoms with Crippen LogP contribution in [0.4, 0.5) is 4.79 Å². The molecule has 0 saturated carbocycles. The molecular weight excluding hydrogens is 1040 g/mol. The highest BCUT2D eigenvalue weighted by Crippen LogP contribution is 2.15. The first-order valence-electron chi connectivity index (χ1n) is 27.8. The second-order valence-electron chi connectivity index (χ2n) is 22.5. The van der Waals surface area contributed by atoms with Crippen molar-refractivity contribution in [2.75, 3.05) is 13.1 Å². The molecule has 0 aliphatic rings. The molecule has 0 aliphatic heterocycles. The molecule has 3 aromatic rings. The van der Waals surface area contributed by atoms with Gasteiger partial charge in [-0.1, -0.05) is 153 Å². The molecule has 0 radical (unpaired) electrons. The maximum absolute atomic E-state index is 14.3. The summed E-state index contributed by atoms with van der Waals surface area (Å²) in [6.07, 6.45) is -0.953. The van der Waals surface area contributed by atoms with Crippen LogP contribution in [0.2, 0.25) is 0 Å². The highest BCUT2D eigenvalue weighted by molar-refractivity contribution is 6.01. The van der Waals surface area contributed by atoms with Gasteiger partial charge in [0.1, 0.15) is 61.0 Å². The summed E-state index contributed by atoms with van der Waals surface area (Å²) in [5.74, 6) is -8.68. The highest BCUT2D eigenvalue weighted by atomic mass is 16.6. The summed E-state index contributed by atoms with van der Waals surface area (Å²) in [6, 6.07) is 21.1. The Morgan fingerprint density at radius 3 is 1.47 bits per heavy atom. The minimum absolute atomic E-state index is 0.00319. The Kier molecular flexibility index (Phi) is 28.0. The third-order valence-corrected chi connectivity index (χ3v) is 12.8. The Morgan fingerprint density at radius 1 is 0.469 bits per heavy atom. The van der Waals surface area contributed by atoms with Crippen molar-refractivity contribution in [2.45, 2.75) is 164 Å². The average Bonchev–Trinajstić information content (AvgIpc) is 3.40. The summed E-state index contributed by atoms with van der Waals surface area (Å²) >= 11 is 0. The van der Waals surface area contributed by atoms with Crippen molar-refractivity contribution in [1.29, 1.82) is 0 Å². The van der Waals surface area contributed by atoms with Crippen LogP contribution in [0.25, 0.3) is 0 Å². The summed E-state index contributed by atoms with van der Waals surface area (Å²) in [7, 11) is 0. The third kappa shape index (κ3) is 25.4. The van der Waals surface area contributed by atoms with Gasteiger partial charge in [0.25, 0.3) is 0 Å². The Balaban J connectivity index is 1.77. The molecule has 0 spiro atoms. The van der Waals surface area contributed by atoms with Crippen molar-refractivity contribution < 1.29 is 57.4 Å². The fourth-order valence-electron chi connectivity index (χ4n) is 8.22. The summed E-state index contributed by atoms with van der Waals surface area (Å²) in [5, 5.41) is 24.1. The van der Waals surface area contributed by atoms with Gasteiger partial charge in [-0.3, -0.25) is 38.4 Å². The number of ether oxygens (including phenoxy) is 2. The van der Waals surface area contributed by atoms with Gasteiger partial charge in [0.15, 0.2) is 0 Å². The minimum atomic E-state index is -1.33. The quantitative estimate of drug-likeness (QED) is 0.0248. The molecular formula is C60H87N9O12. The van der Waals surface area contributed by atoms with E-state index in [9.17, 15) is 47.9 Å². The first kappa shape index (κ1) is 67.4. The number of esters is 1. The van der Waals surface area contributed by atoms with Crippen LogP contribution < -0.4 is 47.9 Å². The van der Waals surface area contributed by atoms with E-state index in [0.29, 0.717) is 12.0 Å². The van der Waals surface area contributed by atoms with E-state index < -0.39 is 126 Å². The van der Waals surface area contributed by atoms with Gasteiger partial charge in [0.05, 0.1) is 6.54 Å². The van der Waals surface area contributed by atoms with E-state index in [1.807, 2.05) is 52.8 Å². The Bertz CT molecular complexity index is 2540. The molecule has 3 rings (SSSR count). The lowest BCUT2D eigenvalue weighted by molar-refractivity contribution is -0.150. The number of carbonyl (C=O) groups excluding carboxylic acids is 10. The lowest BCUT2D eigenvalue weighted by Crippen LogP contribution is -2.60. The van der Waals surface area contributed by atoms with Gasteiger partial charge in [-0.15, -0.1) is 0 Å². The van der Waals surface area contributed by atoms with Gasteiger partial charge >= 0.3 is 12.1 Å². The number of hydrogen-bond acceptors (Lipinski definition) is 12. The molecule has 81 heavy (non-hydrogen) atoms. The highest BCUT2D eigenvalue weighted by Gasteiger charge is 2.35. The Morgan fingerprint density at radius 2 is 0.938 bits per heavy atom. The second kappa shape index (κ2) is 33.7. The number of carbonyl (C=O) groups is 10. The molecule has 21 nitrogen and oxygen atoms in total. The largest absolute Gasteiger partial charge is 0.459 e. The lowest BCUT2D eigenvalue weighted by Gasteiger charge is -2.29. The summed E-state index contributed by atoms with van der Waals surface area (Å²) < 4.78 is 10.7. The van der Waals surface area contributed by atoms with Crippen LogP contribution >= 0.6 is 0 Å². The topological polar surface area (TPSA) is 297 Å². The summed E-state index contributed by atoms with van der Waals surface area (Å²) in [5.41, 5.74) is 1.36. The van der Waals surface area contributed by atoms with E-state index >= 15 is 0 Å². The van der Waals surface area contributed by atoms with Crippen LogP contribution in [0.5, 0.6) is 0 Å². The molecule has 8 atom stereocenters. The fourth-order valence-corrected chi connectivity index (χ4v) is 8.22. The molecule has 21 heteroatoms. The van der Waals surface area contributed by atoms with Gasteiger partial charge in [-0.05, 0) is 80.9 Å². The Hall–Kier alpha value is -7.84. The van der Waals surface area contributed by atoms with E-state index in [0.717, 1.165) is 11.1 Å². The molecule has 0 saturated heterocycles. The average molecular weight is 1130 g/mol. The standard InChI is InChI=1S/C60H87N9O12/c1-13-39(8)51(68-49(71)34-62-59(79)81-60(10,11)12)57(77)64-44(29-36(2)3)54(74)61-33-48(70)63-45(31-41-23-17-14-18-24-41)55(75)69-50(38(6)7)56(76)67-47(32-42-25-19-15-20-26-42)66-53(73)40(9)52(72)65-46(30-37(4)5)58(78)80-35-43-27-21-16-22-28-43/h14-28,36-40,44-47,50-51H,13,29-35H2,1-12H3,(H,61,74)(H,62,79)(H,63,70)(H,64,77)(H,65,72)(H,66,73)(H,67,76)(H,68,71)(H,69,75)/t39-,40?,44-,45-,46-,47-,50-,51-/m0/s1. The zero-order valence-corrected chi connectivity index (χ0v) is 49.1. The van der Waals surface area contributed by atoms with Crippen molar-refractivity contribution in [1.82, 2.24) is 47.9 Å². The molecule has 0 fully saturated rings. The number of rotatable bonds is 31. The fraction of sp³-hybridized carbons (Fsp3) is 0.533. The van der Waals surface area contributed by atoms with Crippen molar-refractivity contribution in [2.24, 2.45) is 29.6 Å². The number of nitrogens with one attached hydrogen (secondary N) is 9. The van der Waals surface area contributed by atoms with Gasteiger partial charge in [0, 0.05) is 12.8 Å². The van der Waals surface area contributed by atoms with Crippen molar-refractivity contribution in [3.05, 3.63) is 108 Å². The van der Waals surface area contributed by atoms with Crippen LogP contribution in [0.15, 0.2) is 91.0 Å². The monoisotopic (exact) mass is 1130 g/mol. The maximum atomic E-state index is 14.3. The van der Waals surface area contributed by atoms with E-state index in [-0.39, 0.29) is 50.0 Å². The number of benzene rings is 3. The van der Waals surface area contributed by atoms with E-state index in [2.05, 4.69) is 47.9 Å². The number of hydrogen-bond donors (Lipinski definition) is 9. The SMILES string of the molecule is CC[C@H](C)[C@H](NC(=O)CNC(=O)OC(C)(C)C)C(=O)N[C@@H](CC(C)C)C(=O)NCC(=O)N[C@@H](Cc1ccccc1)C(=O)N[C@H](C(=O)N[C@@H](Cc1ccccc1)NC(=O)C(C)C(=O)N[C@@H](CC(C)C)C(=O)OCc1ccccc1)C(C)C. The number of alkyl carbamates (subject to hydrolysis) is 1. The molecule has 0 heterocycles. The van der Waals surface area contributed by atoms with Crippen LogP contribution in [0.3, 0.4) is 0 Å². The van der Waals surface area contributed by atoms with Gasteiger partial charge in [-0.25, -0.2) is 9.59 Å². The zero-order valence-electron chi connectivity index (χ0n) is 49.1. The van der Waals surface area contributed by atoms with Gasteiger partial charge in [0.2, 0.25) is 47.3 Å². The first-order chi connectivity index (χ1) is 38.1. The van der Waals surface area contributed by atoms with Gasteiger partial charge < -0.3 is 57.3 Å². The predicted octanol–water partition coefficient (Wildman–Crippen LogP) is 4.27.